The lowest BCUT2D eigenvalue weighted by atomic mass is 10.1. The Morgan fingerprint density at radius 3 is 2.38 bits per heavy atom. The summed E-state index contributed by atoms with van der Waals surface area (Å²) in [5, 5.41) is 4.89. The first-order valence-corrected chi connectivity index (χ1v) is 11.4. The minimum absolute atomic E-state index is 0.0542. The molecule has 4 nitrogen and oxygen atoms in total. The van der Waals surface area contributed by atoms with Crippen molar-refractivity contribution >= 4 is 5.69 Å². The smallest absolute Gasteiger partial charge is 0.0627 e. The van der Waals surface area contributed by atoms with Crippen LogP contribution < -0.4 is 4.90 Å². The SMILES string of the molecule is CCCc1cc(CCCN2CCN(c3cccc(C)c3C)CC2)n(C(C)(C)C)n1. The van der Waals surface area contributed by atoms with Gasteiger partial charge < -0.3 is 4.90 Å². The zero-order valence-corrected chi connectivity index (χ0v) is 19.5. The summed E-state index contributed by atoms with van der Waals surface area (Å²) < 4.78 is 2.26. The van der Waals surface area contributed by atoms with Crippen molar-refractivity contribution in [1.29, 1.82) is 0 Å². The Morgan fingerprint density at radius 1 is 1.00 bits per heavy atom. The number of benzene rings is 1. The molecule has 0 aliphatic carbocycles. The van der Waals surface area contributed by atoms with E-state index in [4.69, 9.17) is 5.10 Å². The van der Waals surface area contributed by atoms with Gasteiger partial charge in [0.1, 0.15) is 0 Å². The van der Waals surface area contributed by atoms with Crippen LogP contribution in [0.2, 0.25) is 0 Å². The van der Waals surface area contributed by atoms with Gasteiger partial charge in [0.15, 0.2) is 0 Å². The van der Waals surface area contributed by atoms with Crippen LogP contribution in [0.4, 0.5) is 5.69 Å². The van der Waals surface area contributed by atoms with Gasteiger partial charge in [0.05, 0.1) is 11.2 Å². The molecule has 2 aromatic rings. The first kappa shape index (κ1) is 21.9. The summed E-state index contributed by atoms with van der Waals surface area (Å²) in [5.74, 6) is 0. The molecule has 2 heterocycles. The third-order valence-electron chi connectivity index (χ3n) is 6.17. The molecular formula is C25H40N4. The van der Waals surface area contributed by atoms with Crippen molar-refractivity contribution in [2.75, 3.05) is 37.6 Å². The van der Waals surface area contributed by atoms with Gasteiger partial charge in [-0.2, -0.15) is 5.10 Å². The highest BCUT2D eigenvalue weighted by atomic mass is 15.3. The summed E-state index contributed by atoms with van der Waals surface area (Å²) in [4.78, 5) is 5.19. The molecule has 1 saturated heterocycles. The molecule has 1 aliphatic rings. The minimum atomic E-state index is 0.0542. The lowest BCUT2D eigenvalue weighted by molar-refractivity contribution is 0.253. The molecule has 160 valence electrons. The summed E-state index contributed by atoms with van der Waals surface area (Å²) in [7, 11) is 0. The number of anilines is 1. The fourth-order valence-corrected chi connectivity index (χ4v) is 4.39. The van der Waals surface area contributed by atoms with E-state index >= 15 is 0 Å². The second kappa shape index (κ2) is 9.34. The molecule has 1 aliphatic heterocycles. The van der Waals surface area contributed by atoms with Gasteiger partial charge in [-0.3, -0.25) is 9.58 Å². The molecule has 0 spiro atoms. The van der Waals surface area contributed by atoms with Gasteiger partial charge in [-0.25, -0.2) is 0 Å². The van der Waals surface area contributed by atoms with Crippen LogP contribution in [0, 0.1) is 13.8 Å². The summed E-state index contributed by atoms with van der Waals surface area (Å²) >= 11 is 0. The van der Waals surface area contributed by atoms with Gasteiger partial charge in [-0.1, -0.05) is 25.5 Å². The first-order chi connectivity index (χ1) is 13.8. The van der Waals surface area contributed by atoms with Crippen molar-refractivity contribution in [3.05, 3.63) is 46.8 Å². The van der Waals surface area contributed by atoms with Gasteiger partial charge in [0, 0.05) is 37.6 Å². The largest absolute Gasteiger partial charge is 0.369 e. The molecule has 4 heteroatoms. The molecule has 1 fully saturated rings. The number of aromatic nitrogens is 2. The number of piperazine rings is 1. The van der Waals surface area contributed by atoms with E-state index in [0.717, 1.165) is 45.4 Å². The van der Waals surface area contributed by atoms with E-state index in [1.165, 1.54) is 41.2 Å². The van der Waals surface area contributed by atoms with Crippen molar-refractivity contribution < 1.29 is 0 Å². The van der Waals surface area contributed by atoms with E-state index in [0.29, 0.717) is 0 Å². The number of aryl methyl sites for hydroxylation is 3. The number of rotatable bonds is 7. The van der Waals surface area contributed by atoms with Gasteiger partial charge >= 0.3 is 0 Å². The molecule has 1 aromatic heterocycles. The Labute approximate surface area is 177 Å². The van der Waals surface area contributed by atoms with Crippen molar-refractivity contribution in [1.82, 2.24) is 14.7 Å². The van der Waals surface area contributed by atoms with E-state index in [9.17, 15) is 0 Å². The fourth-order valence-electron chi connectivity index (χ4n) is 4.39. The van der Waals surface area contributed by atoms with Gasteiger partial charge in [-0.05, 0) is 83.7 Å². The molecule has 0 bridgehead atoms. The van der Waals surface area contributed by atoms with E-state index in [2.05, 4.69) is 80.3 Å². The third-order valence-corrected chi connectivity index (χ3v) is 6.17. The van der Waals surface area contributed by atoms with Crippen LogP contribution in [0.1, 0.15) is 63.1 Å². The van der Waals surface area contributed by atoms with Crippen LogP contribution in [-0.2, 0) is 18.4 Å². The molecular weight excluding hydrogens is 356 g/mol. The molecule has 0 atom stereocenters. The van der Waals surface area contributed by atoms with Gasteiger partial charge in [0.25, 0.3) is 0 Å². The second-order valence-electron chi connectivity index (χ2n) is 9.61. The predicted octanol–water partition coefficient (Wildman–Crippen LogP) is 4.96. The maximum atomic E-state index is 4.89. The van der Waals surface area contributed by atoms with Crippen molar-refractivity contribution in [3.8, 4) is 0 Å². The zero-order chi connectivity index (χ0) is 21.0. The number of hydrogen-bond donors (Lipinski definition) is 0. The van der Waals surface area contributed by atoms with Crippen molar-refractivity contribution in [2.45, 2.75) is 72.8 Å². The Kier molecular flexibility index (Phi) is 7.05. The number of hydrogen-bond acceptors (Lipinski definition) is 3. The molecule has 3 rings (SSSR count). The highest BCUT2D eigenvalue weighted by molar-refractivity contribution is 5.56. The molecule has 0 unspecified atom stereocenters. The Hall–Kier alpha value is -1.81. The number of nitrogens with zero attached hydrogens (tertiary/aromatic N) is 4. The van der Waals surface area contributed by atoms with E-state index in [1.807, 2.05) is 0 Å². The first-order valence-electron chi connectivity index (χ1n) is 11.4. The monoisotopic (exact) mass is 396 g/mol. The lowest BCUT2D eigenvalue weighted by Gasteiger charge is -2.37. The van der Waals surface area contributed by atoms with Crippen LogP contribution in [0.15, 0.2) is 24.3 Å². The normalized spacial score (nSPS) is 15.9. The Morgan fingerprint density at radius 2 is 1.72 bits per heavy atom. The van der Waals surface area contributed by atoms with Crippen LogP contribution >= 0.6 is 0 Å². The van der Waals surface area contributed by atoms with E-state index < -0.39 is 0 Å². The maximum absolute atomic E-state index is 4.89. The summed E-state index contributed by atoms with van der Waals surface area (Å²) in [6, 6.07) is 9.02. The molecule has 0 amide bonds. The Balaban J connectivity index is 1.52. The summed E-state index contributed by atoms with van der Waals surface area (Å²) in [6.45, 7) is 19.2. The molecule has 1 aromatic carbocycles. The molecule has 0 saturated carbocycles. The van der Waals surface area contributed by atoms with Crippen molar-refractivity contribution in [2.24, 2.45) is 0 Å². The average molecular weight is 397 g/mol. The summed E-state index contributed by atoms with van der Waals surface area (Å²) in [5.41, 5.74) is 6.94. The quantitative estimate of drug-likeness (QED) is 0.661. The van der Waals surface area contributed by atoms with Crippen LogP contribution in [-0.4, -0.2) is 47.4 Å². The third kappa shape index (κ3) is 5.42. The highest BCUT2D eigenvalue weighted by Gasteiger charge is 2.21. The van der Waals surface area contributed by atoms with Crippen LogP contribution in [0.3, 0.4) is 0 Å². The van der Waals surface area contributed by atoms with Crippen LogP contribution in [0.25, 0.3) is 0 Å². The van der Waals surface area contributed by atoms with E-state index in [-0.39, 0.29) is 5.54 Å². The standard InChI is InChI=1S/C25H40N4/c1-7-10-22-19-23(29(26-22)25(4,5)6)12-9-14-27-15-17-28(18-16-27)24-13-8-11-20(2)21(24)3/h8,11,13,19H,7,9-10,12,14-18H2,1-6H3. The fraction of sp³-hybridized carbons (Fsp3) is 0.640. The van der Waals surface area contributed by atoms with Crippen molar-refractivity contribution in [3.63, 3.8) is 0 Å². The highest BCUT2D eigenvalue weighted by Crippen LogP contribution is 2.24. The topological polar surface area (TPSA) is 24.3 Å². The van der Waals surface area contributed by atoms with Gasteiger partial charge in [0.2, 0.25) is 0 Å². The molecule has 0 N–H and O–H groups in total. The Bertz CT molecular complexity index is 792. The van der Waals surface area contributed by atoms with Crippen LogP contribution in [0.5, 0.6) is 0 Å². The minimum Gasteiger partial charge on any atom is -0.369 e. The zero-order valence-electron chi connectivity index (χ0n) is 19.5. The molecule has 29 heavy (non-hydrogen) atoms. The summed E-state index contributed by atoms with van der Waals surface area (Å²) in [6.07, 6.45) is 4.56. The van der Waals surface area contributed by atoms with E-state index in [1.54, 1.807) is 0 Å². The molecule has 0 radical (unpaired) electrons. The maximum Gasteiger partial charge on any atom is 0.0627 e. The lowest BCUT2D eigenvalue weighted by Crippen LogP contribution is -2.47. The second-order valence-corrected chi connectivity index (χ2v) is 9.61. The predicted molar refractivity (Wildman–Crippen MR) is 124 cm³/mol. The average Bonchev–Trinajstić information content (AvgIpc) is 3.08. The van der Waals surface area contributed by atoms with Gasteiger partial charge in [-0.15, -0.1) is 0 Å².